The van der Waals surface area contributed by atoms with Crippen molar-refractivity contribution in [2.45, 2.75) is 38.2 Å². The van der Waals surface area contributed by atoms with Gasteiger partial charge in [0.15, 0.2) is 10.7 Å². The zero-order chi connectivity index (χ0) is 19.9. The molecule has 7 nitrogen and oxygen atoms in total. The summed E-state index contributed by atoms with van der Waals surface area (Å²) in [5.41, 5.74) is -1.12. The van der Waals surface area contributed by atoms with Gasteiger partial charge in [0.05, 0.1) is 0 Å². The molecule has 1 heterocycles. The smallest absolute Gasteiger partial charge is 0.430 e. The molecule has 2 aromatic rings. The van der Waals surface area contributed by atoms with Crippen LogP contribution in [-0.2, 0) is 14.8 Å². The van der Waals surface area contributed by atoms with Gasteiger partial charge in [-0.3, -0.25) is 0 Å². The highest BCUT2D eigenvalue weighted by atomic mass is 32.2. The van der Waals surface area contributed by atoms with E-state index in [-0.39, 0.29) is 22.2 Å². The second-order valence-corrected chi connectivity index (χ2v) is 7.97. The Morgan fingerprint density at radius 3 is 2.12 bits per heavy atom. The molecule has 0 spiro atoms. The first kappa shape index (κ1) is 19.8. The van der Waals surface area contributed by atoms with Crippen LogP contribution < -0.4 is 4.31 Å². The van der Waals surface area contributed by atoms with Gasteiger partial charge in [-0.1, -0.05) is 5.16 Å². The Labute approximate surface area is 147 Å². The van der Waals surface area contributed by atoms with E-state index in [1.54, 1.807) is 0 Å². The van der Waals surface area contributed by atoms with Gasteiger partial charge in [0, 0.05) is 18.2 Å². The maximum absolute atomic E-state index is 14.0. The highest BCUT2D eigenvalue weighted by molar-refractivity contribution is 7.93. The molecule has 0 bridgehead atoms. The lowest BCUT2D eigenvalue weighted by molar-refractivity contribution is 0.0607. The first-order valence-corrected chi connectivity index (χ1v) is 8.63. The topological polar surface area (TPSA) is 89.7 Å². The molecule has 0 fully saturated rings. The molecule has 11 heteroatoms. The molecule has 0 saturated heterocycles. The molecule has 0 aliphatic carbocycles. The summed E-state index contributed by atoms with van der Waals surface area (Å²) in [7, 11) is -5.17. The molecule has 0 N–H and O–H groups in total. The molecule has 2 rings (SSSR count). The molecule has 0 unspecified atom stereocenters. The lowest BCUT2D eigenvalue weighted by atomic mass is 10.2. The second-order valence-electron chi connectivity index (χ2n) is 6.24. The number of aromatic nitrogens is 1. The van der Waals surface area contributed by atoms with Crippen molar-refractivity contribution in [3.8, 4) is 0 Å². The number of benzene rings is 1. The van der Waals surface area contributed by atoms with Crippen molar-refractivity contribution in [3.05, 3.63) is 41.4 Å². The molecule has 0 saturated carbocycles. The largest absolute Gasteiger partial charge is 0.443 e. The van der Waals surface area contributed by atoms with Crippen molar-refractivity contribution in [1.29, 1.82) is 0 Å². The second kappa shape index (κ2) is 6.63. The summed E-state index contributed by atoms with van der Waals surface area (Å²) >= 11 is 0. The summed E-state index contributed by atoms with van der Waals surface area (Å²) in [4.78, 5) is 10.9. The van der Waals surface area contributed by atoms with Crippen molar-refractivity contribution in [2.75, 3.05) is 4.31 Å². The first-order valence-electron chi connectivity index (χ1n) is 7.19. The van der Waals surface area contributed by atoms with Gasteiger partial charge in [-0.05, 0) is 27.7 Å². The van der Waals surface area contributed by atoms with Gasteiger partial charge in [0.25, 0.3) is 10.0 Å². The Morgan fingerprint density at radius 1 is 1.15 bits per heavy atom. The van der Waals surface area contributed by atoms with E-state index in [1.807, 2.05) is 0 Å². The summed E-state index contributed by atoms with van der Waals surface area (Å²) < 4.78 is 76.3. The van der Waals surface area contributed by atoms with E-state index >= 15 is 0 Å². The Hall–Kier alpha value is -2.56. The van der Waals surface area contributed by atoms with E-state index in [2.05, 4.69) is 5.16 Å². The lowest BCUT2D eigenvalue weighted by Gasteiger charge is -2.25. The van der Waals surface area contributed by atoms with Crippen LogP contribution in [0.2, 0.25) is 0 Å². The molecular weight excluding hydrogens is 377 g/mol. The molecule has 1 amide bonds. The molecule has 1 aromatic carbocycles. The van der Waals surface area contributed by atoms with Crippen molar-refractivity contribution in [2.24, 2.45) is 0 Å². The van der Waals surface area contributed by atoms with E-state index in [4.69, 9.17) is 9.26 Å². The SMILES string of the molecule is Cc1cc(N(C(=O)OC(C)(C)C)S(=O)(=O)c2c(F)cc(F)cc2F)no1. The minimum Gasteiger partial charge on any atom is -0.443 e. The van der Waals surface area contributed by atoms with Crippen molar-refractivity contribution >= 4 is 21.9 Å². The fourth-order valence-corrected chi connectivity index (χ4v) is 3.29. The third-order valence-electron chi connectivity index (χ3n) is 2.84. The number of sulfonamides is 1. The molecule has 142 valence electrons. The highest BCUT2D eigenvalue weighted by Crippen LogP contribution is 2.29. The molecular formula is C15H15F3N2O5S. The molecule has 1 aromatic heterocycles. The van der Waals surface area contributed by atoms with Crippen molar-refractivity contribution in [1.82, 2.24) is 5.16 Å². The van der Waals surface area contributed by atoms with E-state index in [0.717, 1.165) is 6.07 Å². The van der Waals surface area contributed by atoms with Crippen molar-refractivity contribution < 1.29 is 35.6 Å². The van der Waals surface area contributed by atoms with Crippen LogP contribution in [0.25, 0.3) is 0 Å². The third kappa shape index (κ3) is 3.98. The summed E-state index contributed by atoms with van der Waals surface area (Å²) in [6, 6.07) is 1.41. The number of carbonyl (C=O) groups is 1. The Kier molecular flexibility index (Phi) is 5.04. The van der Waals surface area contributed by atoms with Gasteiger partial charge < -0.3 is 9.26 Å². The zero-order valence-corrected chi connectivity index (χ0v) is 15.0. The number of ether oxygens (including phenoxy) is 1. The number of halogens is 3. The zero-order valence-electron chi connectivity index (χ0n) is 14.2. The molecule has 0 radical (unpaired) electrons. The van der Waals surface area contributed by atoms with Gasteiger partial charge in [0.2, 0.25) is 0 Å². The van der Waals surface area contributed by atoms with E-state index < -0.39 is 49.9 Å². The Morgan fingerprint density at radius 2 is 1.69 bits per heavy atom. The van der Waals surface area contributed by atoms with Gasteiger partial charge in [0.1, 0.15) is 28.8 Å². The highest BCUT2D eigenvalue weighted by Gasteiger charge is 2.40. The van der Waals surface area contributed by atoms with Gasteiger partial charge in [-0.2, -0.15) is 0 Å². The number of hydrogen-bond donors (Lipinski definition) is 0. The summed E-state index contributed by atoms with van der Waals surface area (Å²) in [5, 5.41) is 3.39. The van der Waals surface area contributed by atoms with Crippen LogP contribution in [-0.4, -0.2) is 25.3 Å². The standard InChI is InChI=1S/C15H15F3N2O5S/c1-8-5-12(19-25-8)20(14(21)24-15(2,3)4)26(22,23)13-10(17)6-9(16)7-11(13)18/h5-7H,1-4H3. The number of hydrogen-bond acceptors (Lipinski definition) is 6. The van der Waals surface area contributed by atoms with E-state index in [1.165, 1.54) is 27.7 Å². The average Bonchev–Trinajstić information content (AvgIpc) is 2.80. The molecule has 26 heavy (non-hydrogen) atoms. The van der Waals surface area contributed by atoms with Crippen LogP contribution in [0, 0.1) is 24.4 Å². The summed E-state index contributed by atoms with van der Waals surface area (Å²) in [5.74, 6) is -5.18. The number of anilines is 1. The fraction of sp³-hybridized carbons (Fsp3) is 0.333. The Bertz CT molecular complexity index is 927. The van der Waals surface area contributed by atoms with Crippen LogP contribution in [0.5, 0.6) is 0 Å². The maximum atomic E-state index is 14.0. The molecule has 0 aliphatic heterocycles. The van der Waals surface area contributed by atoms with Crippen LogP contribution >= 0.6 is 0 Å². The van der Waals surface area contributed by atoms with Crippen LogP contribution in [0.1, 0.15) is 26.5 Å². The minimum absolute atomic E-state index is 0.0475. The van der Waals surface area contributed by atoms with Crippen LogP contribution in [0.4, 0.5) is 23.8 Å². The van der Waals surface area contributed by atoms with Crippen LogP contribution in [0.3, 0.4) is 0 Å². The average molecular weight is 392 g/mol. The number of rotatable bonds is 3. The minimum atomic E-state index is -5.17. The van der Waals surface area contributed by atoms with Gasteiger partial charge in [-0.15, -0.1) is 4.31 Å². The predicted molar refractivity (Wildman–Crippen MR) is 83.5 cm³/mol. The maximum Gasteiger partial charge on any atom is 0.430 e. The normalized spacial score (nSPS) is 12.1. The van der Waals surface area contributed by atoms with Crippen molar-refractivity contribution in [3.63, 3.8) is 0 Å². The van der Waals surface area contributed by atoms with Crippen LogP contribution in [0.15, 0.2) is 27.6 Å². The van der Waals surface area contributed by atoms with Gasteiger partial charge in [-0.25, -0.2) is 26.4 Å². The number of aryl methyl sites for hydroxylation is 1. The quantitative estimate of drug-likeness (QED) is 0.794. The number of nitrogens with zero attached hydrogens (tertiary/aromatic N) is 2. The summed E-state index contributed by atoms with van der Waals surface area (Å²) in [6.07, 6.45) is -1.46. The summed E-state index contributed by atoms with van der Waals surface area (Å²) in [6.45, 7) is 5.80. The fourth-order valence-electron chi connectivity index (χ4n) is 1.93. The van der Waals surface area contributed by atoms with E-state index in [0.29, 0.717) is 0 Å². The first-order chi connectivity index (χ1) is 11.8. The Balaban J connectivity index is 2.67. The monoisotopic (exact) mass is 392 g/mol. The predicted octanol–water partition coefficient (Wildman–Crippen LogP) is 3.53. The molecule has 0 atom stereocenters. The number of carbonyl (C=O) groups excluding carboxylic acids is 1. The molecule has 0 aliphatic rings. The third-order valence-corrected chi connectivity index (χ3v) is 4.57. The van der Waals surface area contributed by atoms with E-state index in [9.17, 15) is 26.4 Å². The van der Waals surface area contributed by atoms with Gasteiger partial charge >= 0.3 is 6.09 Å². The number of amides is 1. The lowest BCUT2D eigenvalue weighted by Crippen LogP contribution is -2.41.